The van der Waals surface area contributed by atoms with E-state index in [9.17, 15) is 9.59 Å². The third-order valence-corrected chi connectivity index (χ3v) is 7.44. The number of esters is 1. The molecule has 4 rings (SSSR count). The summed E-state index contributed by atoms with van der Waals surface area (Å²) in [6, 6.07) is -0.178. The van der Waals surface area contributed by atoms with Crippen LogP contribution in [-0.4, -0.2) is 37.1 Å². The predicted octanol–water partition coefficient (Wildman–Crippen LogP) is 2.56. The van der Waals surface area contributed by atoms with Crippen molar-refractivity contribution in [3.8, 4) is 0 Å². The molecule has 26 heavy (non-hydrogen) atoms. The van der Waals surface area contributed by atoms with E-state index in [-0.39, 0.29) is 41.3 Å². The van der Waals surface area contributed by atoms with Gasteiger partial charge in [0, 0.05) is 19.0 Å². The molecule has 2 saturated heterocycles. The van der Waals surface area contributed by atoms with E-state index < -0.39 is 0 Å². The number of rotatable bonds is 3. The van der Waals surface area contributed by atoms with Crippen molar-refractivity contribution in [2.45, 2.75) is 70.4 Å². The van der Waals surface area contributed by atoms with Gasteiger partial charge >= 0.3 is 5.97 Å². The van der Waals surface area contributed by atoms with Crippen LogP contribution in [-0.2, 0) is 14.3 Å². The molecule has 0 aromatic rings. The lowest BCUT2D eigenvalue weighted by atomic mass is 9.55. The summed E-state index contributed by atoms with van der Waals surface area (Å²) < 4.78 is 5.81. The third kappa shape index (κ3) is 3.19. The molecule has 0 aromatic heterocycles. The first-order valence-electron chi connectivity index (χ1n) is 10.4. The summed E-state index contributed by atoms with van der Waals surface area (Å²) in [6.45, 7) is 8.01. The number of carbonyl (C=O) groups is 2. The Balaban J connectivity index is 1.44. The lowest BCUT2D eigenvalue weighted by molar-refractivity contribution is -0.146. The smallest absolute Gasteiger partial charge is 0.310 e. The van der Waals surface area contributed by atoms with Gasteiger partial charge in [-0.15, -0.1) is 0 Å². The van der Waals surface area contributed by atoms with Gasteiger partial charge < -0.3 is 15.4 Å². The molecule has 2 aliphatic heterocycles. The fourth-order valence-electron chi connectivity index (χ4n) is 5.89. The number of amides is 1. The summed E-state index contributed by atoms with van der Waals surface area (Å²) >= 11 is 0. The Kier molecular flexibility index (Phi) is 4.84. The van der Waals surface area contributed by atoms with Crippen molar-refractivity contribution in [1.29, 1.82) is 0 Å². The number of hydrogen-bond donors (Lipinski definition) is 2. The van der Waals surface area contributed by atoms with E-state index in [1.54, 1.807) is 0 Å². The molecule has 0 aromatic carbocycles. The maximum Gasteiger partial charge on any atom is 0.310 e. The van der Waals surface area contributed by atoms with Crippen LogP contribution in [0.25, 0.3) is 0 Å². The monoisotopic (exact) mass is 360 g/mol. The molecule has 5 heteroatoms. The molecule has 4 aliphatic rings. The number of carbonyl (C=O) groups excluding carboxylic acids is 2. The average Bonchev–Trinajstić information content (AvgIpc) is 2.74. The second-order valence-electron chi connectivity index (χ2n) is 9.15. The highest BCUT2D eigenvalue weighted by molar-refractivity contribution is 5.82. The summed E-state index contributed by atoms with van der Waals surface area (Å²) in [7, 11) is 0. The van der Waals surface area contributed by atoms with Gasteiger partial charge in [-0.1, -0.05) is 19.1 Å². The van der Waals surface area contributed by atoms with Crippen molar-refractivity contribution in [2.75, 3.05) is 13.1 Å². The quantitative estimate of drug-likeness (QED) is 0.600. The van der Waals surface area contributed by atoms with E-state index >= 15 is 0 Å². The Bertz CT molecular complexity index is 604. The molecule has 2 heterocycles. The highest BCUT2D eigenvalue weighted by Gasteiger charge is 2.55. The highest BCUT2D eigenvalue weighted by atomic mass is 16.6. The minimum Gasteiger partial charge on any atom is -0.462 e. The summed E-state index contributed by atoms with van der Waals surface area (Å²) in [6.07, 6.45) is 8.48. The molecule has 144 valence electrons. The van der Waals surface area contributed by atoms with Crippen LogP contribution in [0.2, 0.25) is 0 Å². The van der Waals surface area contributed by atoms with E-state index in [1.807, 2.05) is 0 Å². The van der Waals surface area contributed by atoms with E-state index in [0.717, 1.165) is 45.1 Å². The lowest BCUT2D eigenvalue weighted by Gasteiger charge is -2.50. The number of ether oxygens (including phenoxy) is 1. The summed E-state index contributed by atoms with van der Waals surface area (Å²) in [5.41, 5.74) is 1.60. The summed E-state index contributed by atoms with van der Waals surface area (Å²) in [5.74, 6) is 0.638. The van der Waals surface area contributed by atoms with Gasteiger partial charge in [-0.2, -0.15) is 0 Å². The van der Waals surface area contributed by atoms with Crippen molar-refractivity contribution < 1.29 is 14.3 Å². The molecule has 6 atom stereocenters. The Morgan fingerprint density at radius 2 is 2.15 bits per heavy atom. The Hall–Kier alpha value is -1.36. The van der Waals surface area contributed by atoms with Crippen LogP contribution < -0.4 is 10.6 Å². The summed E-state index contributed by atoms with van der Waals surface area (Å²) in [5, 5.41) is 6.33. The zero-order chi connectivity index (χ0) is 18.3. The lowest BCUT2D eigenvalue weighted by Crippen LogP contribution is -2.48. The van der Waals surface area contributed by atoms with Gasteiger partial charge in [0.25, 0.3) is 0 Å². The summed E-state index contributed by atoms with van der Waals surface area (Å²) in [4.78, 5) is 24.7. The predicted molar refractivity (Wildman–Crippen MR) is 99.3 cm³/mol. The molecule has 2 aliphatic carbocycles. The van der Waals surface area contributed by atoms with Crippen LogP contribution in [0.15, 0.2) is 12.2 Å². The van der Waals surface area contributed by atoms with E-state index in [4.69, 9.17) is 4.74 Å². The molecular weight excluding hydrogens is 328 g/mol. The normalized spacial score (nSPS) is 43.1. The molecule has 0 unspecified atom stereocenters. The molecule has 5 nitrogen and oxygen atoms in total. The van der Waals surface area contributed by atoms with Gasteiger partial charge in [-0.05, 0) is 62.7 Å². The molecule has 2 saturated carbocycles. The molecule has 4 fully saturated rings. The van der Waals surface area contributed by atoms with E-state index in [2.05, 4.69) is 24.1 Å². The SMILES string of the molecule is C=C1CCC[C@]2(C)C[C@H]3OC(=O)[C@@H](CN[C@H]4CCCCNC4=O)[C@H]3C[C@@H]12. The molecule has 1 amide bonds. The number of nitrogens with one attached hydrogen (secondary N) is 2. The van der Waals surface area contributed by atoms with Crippen molar-refractivity contribution >= 4 is 11.9 Å². The van der Waals surface area contributed by atoms with Gasteiger partial charge in [0.05, 0.1) is 12.0 Å². The van der Waals surface area contributed by atoms with Crippen molar-refractivity contribution in [1.82, 2.24) is 10.6 Å². The topological polar surface area (TPSA) is 67.4 Å². The average molecular weight is 360 g/mol. The standard InChI is InChI=1S/C21H32N2O3/c1-13-6-5-8-21(2)11-18-14(10-16(13)21)15(20(25)26-18)12-23-17-7-3-4-9-22-19(17)24/h14-18,23H,1,3-12H2,2H3,(H,22,24)/t14-,15+,16+,17+,18-,21-/m1/s1. The van der Waals surface area contributed by atoms with Crippen molar-refractivity contribution in [3.05, 3.63) is 12.2 Å². The van der Waals surface area contributed by atoms with Crippen LogP contribution in [0.1, 0.15) is 58.3 Å². The van der Waals surface area contributed by atoms with Crippen LogP contribution in [0.5, 0.6) is 0 Å². The second kappa shape index (κ2) is 6.99. The Morgan fingerprint density at radius 3 is 3.00 bits per heavy atom. The van der Waals surface area contributed by atoms with Crippen LogP contribution in [0.4, 0.5) is 0 Å². The minimum atomic E-state index is -0.178. The number of allylic oxidation sites excluding steroid dienone is 1. The molecule has 0 spiro atoms. The Morgan fingerprint density at radius 1 is 1.31 bits per heavy atom. The number of hydrogen-bond acceptors (Lipinski definition) is 4. The molecule has 0 bridgehead atoms. The van der Waals surface area contributed by atoms with Crippen LogP contribution in [0, 0.1) is 23.2 Å². The molecule has 2 N–H and O–H groups in total. The maximum absolute atomic E-state index is 12.6. The van der Waals surface area contributed by atoms with Crippen molar-refractivity contribution in [3.63, 3.8) is 0 Å². The zero-order valence-electron chi connectivity index (χ0n) is 15.9. The van der Waals surface area contributed by atoms with Crippen LogP contribution >= 0.6 is 0 Å². The van der Waals surface area contributed by atoms with Crippen LogP contribution in [0.3, 0.4) is 0 Å². The van der Waals surface area contributed by atoms with Gasteiger partial charge in [0.15, 0.2) is 0 Å². The fourth-order valence-corrected chi connectivity index (χ4v) is 5.89. The first-order valence-corrected chi connectivity index (χ1v) is 10.4. The first-order chi connectivity index (χ1) is 12.5. The van der Waals surface area contributed by atoms with E-state index in [1.165, 1.54) is 18.4 Å². The van der Waals surface area contributed by atoms with Gasteiger partial charge in [-0.3, -0.25) is 9.59 Å². The van der Waals surface area contributed by atoms with Gasteiger partial charge in [0.1, 0.15) is 6.10 Å². The number of fused-ring (bicyclic) bond motifs is 2. The Labute approximate surface area is 156 Å². The maximum atomic E-state index is 12.6. The van der Waals surface area contributed by atoms with Crippen molar-refractivity contribution in [2.24, 2.45) is 23.2 Å². The first kappa shape index (κ1) is 18.0. The molecule has 0 radical (unpaired) electrons. The fraction of sp³-hybridized carbons (Fsp3) is 0.810. The van der Waals surface area contributed by atoms with E-state index in [0.29, 0.717) is 12.5 Å². The largest absolute Gasteiger partial charge is 0.462 e. The van der Waals surface area contributed by atoms with Gasteiger partial charge in [-0.25, -0.2) is 0 Å². The zero-order valence-corrected chi connectivity index (χ0v) is 15.9. The third-order valence-electron chi connectivity index (χ3n) is 7.44. The minimum absolute atomic E-state index is 0.0458. The highest BCUT2D eigenvalue weighted by Crippen LogP contribution is 2.56. The van der Waals surface area contributed by atoms with Gasteiger partial charge in [0.2, 0.25) is 5.91 Å². The molecular formula is C21H32N2O3. The second-order valence-corrected chi connectivity index (χ2v) is 9.15.